The molecule has 0 aliphatic heterocycles. The summed E-state index contributed by atoms with van der Waals surface area (Å²) in [6, 6.07) is 28.4. The van der Waals surface area contributed by atoms with Gasteiger partial charge in [0.15, 0.2) is 0 Å². The van der Waals surface area contributed by atoms with Gasteiger partial charge in [0.1, 0.15) is 11.1 Å². The Morgan fingerprint density at radius 3 is 2.39 bits per heavy atom. The highest BCUT2D eigenvalue weighted by atomic mass is 16.4. The van der Waals surface area contributed by atoms with E-state index in [0.29, 0.717) is 11.1 Å². The normalized spacial score (nSPS) is 11.7. The molecule has 3 nitrogen and oxygen atoms in total. The van der Waals surface area contributed by atoms with Crippen molar-refractivity contribution < 1.29 is 4.42 Å². The molecule has 0 fully saturated rings. The van der Waals surface area contributed by atoms with Crippen molar-refractivity contribution in [1.82, 2.24) is 4.40 Å². The summed E-state index contributed by atoms with van der Waals surface area (Å²) in [5.41, 5.74) is 3.87. The van der Waals surface area contributed by atoms with Crippen LogP contribution in [-0.2, 0) is 0 Å². The Balaban J connectivity index is 1.82. The number of benzene rings is 3. The molecule has 0 N–H and O–H groups in total. The maximum absolute atomic E-state index is 13.0. The second kappa shape index (κ2) is 5.57. The predicted molar refractivity (Wildman–Crippen MR) is 114 cm³/mol. The number of fused-ring (bicyclic) bond motifs is 7. The van der Waals surface area contributed by atoms with E-state index in [9.17, 15) is 4.79 Å². The molecule has 0 saturated heterocycles. The number of nitrogens with zero attached hydrogens (tertiary/aromatic N) is 1. The van der Waals surface area contributed by atoms with E-state index in [-0.39, 0.29) is 5.63 Å². The lowest BCUT2D eigenvalue weighted by Gasteiger charge is -2.06. The first kappa shape index (κ1) is 15.2. The topological polar surface area (TPSA) is 34.6 Å². The quantitative estimate of drug-likeness (QED) is 0.336. The van der Waals surface area contributed by atoms with Crippen LogP contribution in [0.15, 0.2) is 100 Å². The number of para-hydroxylation sites is 1. The molecule has 6 aromatic rings. The molecule has 132 valence electrons. The van der Waals surface area contributed by atoms with Gasteiger partial charge >= 0.3 is 5.63 Å². The average Bonchev–Trinajstić information content (AvgIpc) is 3.15. The molecule has 6 rings (SSSR count). The maximum atomic E-state index is 13.0. The Bertz CT molecular complexity index is 1570. The fourth-order valence-electron chi connectivity index (χ4n) is 4.18. The van der Waals surface area contributed by atoms with Crippen LogP contribution in [-0.4, -0.2) is 4.40 Å². The first-order valence-corrected chi connectivity index (χ1v) is 9.25. The van der Waals surface area contributed by atoms with Gasteiger partial charge in [-0.25, -0.2) is 4.79 Å². The van der Waals surface area contributed by atoms with Crippen molar-refractivity contribution in [2.75, 3.05) is 0 Å². The summed E-state index contributed by atoms with van der Waals surface area (Å²) in [5, 5.41) is 4.13. The van der Waals surface area contributed by atoms with Gasteiger partial charge in [-0.05, 0) is 23.1 Å². The zero-order valence-corrected chi connectivity index (χ0v) is 14.9. The first-order valence-electron chi connectivity index (χ1n) is 9.25. The fourth-order valence-corrected chi connectivity index (χ4v) is 4.18. The molecule has 0 saturated carbocycles. The van der Waals surface area contributed by atoms with Gasteiger partial charge in [0.05, 0.1) is 5.52 Å². The van der Waals surface area contributed by atoms with Crippen molar-refractivity contribution in [3.63, 3.8) is 0 Å². The minimum absolute atomic E-state index is 0.318. The van der Waals surface area contributed by atoms with E-state index in [0.717, 1.165) is 38.2 Å². The van der Waals surface area contributed by atoms with Crippen LogP contribution >= 0.6 is 0 Å². The smallest absolute Gasteiger partial charge is 0.361 e. The lowest BCUT2D eigenvalue weighted by Crippen LogP contribution is -2.03. The molecule has 0 unspecified atom stereocenters. The van der Waals surface area contributed by atoms with Gasteiger partial charge in [-0.1, -0.05) is 72.8 Å². The third kappa shape index (κ3) is 2.01. The van der Waals surface area contributed by atoms with E-state index in [1.54, 1.807) is 0 Å². The molecular formula is C25H15NO2. The van der Waals surface area contributed by atoms with E-state index in [2.05, 4.69) is 18.2 Å². The summed E-state index contributed by atoms with van der Waals surface area (Å²) >= 11 is 0. The van der Waals surface area contributed by atoms with Crippen LogP contribution in [0.3, 0.4) is 0 Å². The van der Waals surface area contributed by atoms with E-state index in [1.807, 2.05) is 77.3 Å². The first-order chi connectivity index (χ1) is 13.8. The predicted octanol–water partition coefficient (Wildman–Crippen LogP) is 6.02. The zero-order valence-electron chi connectivity index (χ0n) is 14.9. The van der Waals surface area contributed by atoms with E-state index < -0.39 is 0 Å². The Kier molecular flexibility index (Phi) is 3.03. The third-order valence-electron chi connectivity index (χ3n) is 5.45. The van der Waals surface area contributed by atoms with Crippen LogP contribution in [0.5, 0.6) is 0 Å². The summed E-state index contributed by atoms with van der Waals surface area (Å²) < 4.78 is 7.81. The molecule has 28 heavy (non-hydrogen) atoms. The van der Waals surface area contributed by atoms with Crippen molar-refractivity contribution in [1.29, 1.82) is 0 Å². The highest BCUT2D eigenvalue weighted by molar-refractivity contribution is 6.12. The third-order valence-corrected chi connectivity index (χ3v) is 5.45. The Morgan fingerprint density at radius 1 is 0.714 bits per heavy atom. The van der Waals surface area contributed by atoms with E-state index >= 15 is 0 Å². The van der Waals surface area contributed by atoms with E-state index in [4.69, 9.17) is 4.42 Å². The molecule has 0 aliphatic rings. The standard InChI is InChI=1S/C25H15NO2/c27-25-23-21(15-22-18-10-5-4-9-17(18)13-14-26(22)23)20-12-6-11-19(24(20)28-25)16-7-2-1-3-8-16/h1-15H. The van der Waals surface area contributed by atoms with Crippen molar-refractivity contribution in [2.24, 2.45) is 0 Å². The SMILES string of the molecule is O=c1oc2c(-c3ccccc3)cccc2c2cc3c4ccccc4ccn3c12. The Hall–Kier alpha value is -3.85. The molecule has 3 aromatic heterocycles. The zero-order chi connectivity index (χ0) is 18.7. The molecule has 0 atom stereocenters. The summed E-state index contributed by atoms with van der Waals surface area (Å²) in [5.74, 6) is 0. The molecule has 0 radical (unpaired) electrons. The molecule has 3 aromatic carbocycles. The summed E-state index contributed by atoms with van der Waals surface area (Å²) in [4.78, 5) is 13.0. The van der Waals surface area contributed by atoms with Crippen LogP contribution in [0.4, 0.5) is 0 Å². The highest BCUT2D eigenvalue weighted by Crippen LogP contribution is 2.34. The van der Waals surface area contributed by atoms with Crippen LogP contribution in [0, 0.1) is 0 Å². The largest absolute Gasteiger partial charge is 0.420 e. The Labute approximate surface area is 160 Å². The molecule has 3 heteroatoms. The Morgan fingerprint density at radius 2 is 1.50 bits per heavy atom. The summed E-state index contributed by atoms with van der Waals surface area (Å²) in [6.07, 6.45) is 1.95. The van der Waals surface area contributed by atoms with Gasteiger partial charge in [0.25, 0.3) is 0 Å². The number of hydrogen-bond donors (Lipinski definition) is 0. The summed E-state index contributed by atoms with van der Waals surface area (Å²) in [7, 11) is 0. The van der Waals surface area contributed by atoms with E-state index in [1.165, 1.54) is 0 Å². The molecular weight excluding hydrogens is 346 g/mol. The van der Waals surface area contributed by atoms with Crippen LogP contribution in [0.25, 0.3) is 49.3 Å². The summed E-state index contributed by atoms with van der Waals surface area (Å²) in [6.45, 7) is 0. The van der Waals surface area contributed by atoms with Gasteiger partial charge in [-0.2, -0.15) is 0 Å². The van der Waals surface area contributed by atoms with Gasteiger partial charge in [-0.3, -0.25) is 0 Å². The second-order valence-electron chi connectivity index (χ2n) is 7.00. The monoisotopic (exact) mass is 361 g/mol. The second-order valence-corrected chi connectivity index (χ2v) is 7.00. The molecule has 0 aliphatic carbocycles. The van der Waals surface area contributed by atoms with Crippen molar-refractivity contribution in [2.45, 2.75) is 0 Å². The maximum Gasteiger partial charge on any atom is 0.361 e. The highest BCUT2D eigenvalue weighted by Gasteiger charge is 2.16. The number of hydrogen-bond acceptors (Lipinski definition) is 2. The van der Waals surface area contributed by atoms with Gasteiger partial charge in [0.2, 0.25) is 0 Å². The van der Waals surface area contributed by atoms with Gasteiger partial charge in [-0.15, -0.1) is 0 Å². The molecule has 3 heterocycles. The molecule has 0 amide bonds. The lowest BCUT2D eigenvalue weighted by molar-refractivity contribution is 0.568. The van der Waals surface area contributed by atoms with Crippen LogP contribution < -0.4 is 5.63 Å². The van der Waals surface area contributed by atoms with Crippen LogP contribution in [0.1, 0.15) is 0 Å². The lowest BCUT2D eigenvalue weighted by atomic mass is 10.0. The number of aromatic nitrogens is 1. The minimum atomic E-state index is -0.318. The van der Waals surface area contributed by atoms with Crippen molar-refractivity contribution >= 4 is 38.2 Å². The van der Waals surface area contributed by atoms with Gasteiger partial charge < -0.3 is 8.82 Å². The average molecular weight is 361 g/mol. The minimum Gasteiger partial charge on any atom is -0.420 e. The molecule has 0 bridgehead atoms. The van der Waals surface area contributed by atoms with Crippen molar-refractivity contribution in [3.8, 4) is 11.1 Å². The molecule has 0 spiro atoms. The number of rotatable bonds is 1. The van der Waals surface area contributed by atoms with Gasteiger partial charge in [0, 0.05) is 27.9 Å². The van der Waals surface area contributed by atoms with Crippen LogP contribution in [0.2, 0.25) is 0 Å². The number of pyridine rings is 1. The fraction of sp³-hybridized carbons (Fsp3) is 0. The van der Waals surface area contributed by atoms with Crippen molar-refractivity contribution in [3.05, 3.63) is 102 Å².